The Balaban J connectivity index is 1.18. The third kappa shape index (κ3) is 4.91. The predicted octanol–water partition coefficient (Wildman–Crippen LogP) is 2.54. The summed E-state index contributed by atoms with van der Waals surface area (Å²) in [6, 6.07) is 8.82. The fourth-order valence-electron chi connectivity index (χ4n) is 4.26. The van der Waals surface area contributed by atoms with Gasteiger partial charge in [-0.15, -0.1) is 0 Å². The molecule has 180 valence electrons. The Kier molecular flexibility index (Phi) is 6.48. The van der Waals surface area contributed by atoms with Gasteiger partial charge >= 0.3 is 6.03 Å². The smallest absolute Gasteiger partial charge is 0.319 e. The highest BCUT2D eigenvalue weighted by Gasteiger charge is 2.37. The lowest BCUT2D eigenvalue weighted by Gasteiger charge is -2.37. The molecule has 1 saturated heterocycles. The Morgan fingerprint density at radius 2 is 1.94 bits per heavy atom. The van der Waals surface area contributed by atoms with Crippen LogP contribution in [0.2, 0.25) is 0 Å². The second kappa shape index (κ2) is 9.69. The van der Waals surface area contributed by atoms with Crippen LogP contribution in [-0.4, -0.2) is 65.1 Å². The minimum Gasteiger partial charge on any atom is -0.439 e. The van der Waals surface area contributed by atoms with E-state index < -0.39 is 10.0 Å². The predicted molar refractivity (Wildman–Crippen MR) is 128 cm³/mol. The van der Waals surface area contributed by atoms with Crippen LogP contribution >= 0.6 is 0 Å². The number of pyridine rings is 1. The van der Waals surface area contributed by atoms with Crippen molar-refractivity contribution >= 4 is 32.8 Å². The first-order valence-electron chi connectivity index (χ1n) is 11.5. The minimum absolute atomic E-state index is 0.186. The number of para-hydroxylation sites is 1. The number of nitrogens with one attached hydrogen (secondary N) is 2. The summed E-state index contributed by atoms with van der Waals surface area (Å²) < 4.78 is 32.9. The van der Waals surface area contributed by atoms with Crippen molar-refractivity contribution < 1.29 is 17.6 Å². The van der Waals surface area contributed by atoms with Crippen molar-refractivity contribution in [1.29, 1.82) is 0 Å². The Bertz CT molecular complexity index is 1250. The standard InChI is InChI=1S/C23H28N6O4S/c30-23(26-18-5-3-9-24-15-18)25-14-17-4-1-8-20-22(17)27-21(33-20)16-28-10-12-29(13-11-28)34(31,32)19-6-2-7-19/h1,3-5,8-9,15,19H,2,6-7,10-14,16H2,(H2,25,26,30). The van der Waals surface area contributed by atoms with Crippen LogP contribution in [0, 0.1) is 0 Å². The molecule has 2 aliphatic rings. The lowest BCUT2D eigenvalue weighted by atomic mass is 10.0. The van der Waals surface area contributed by atoms with E-state index in [1.165, 1.54) is 0 Å². The van der Waals surface area contributed by atoms with E-state index in [2.05, 4.69) is 25.5 Å². The summed E-state index contributed by atoms with van der Waals surface area (Å²) >= 11 is 0. The van der Waals surface area contributed by atoms with Crippen LogP contribution in [0.4, 0.5) is 10.5 Å². The van der Waals surface area contributed by atoms with Gasteiger partial charge in [0, 0.05) is 44.5 Å². The molecule has 1 saturated carbocycles. The van der Waals surface area contributed by atoms with Gasteiger partial charge < -0.3 is 15.1 Å². The molecule has 3 heterocycles. The van der Waals surface area contributed by atoms with E-state index in [9.17, 15) is 13.2 Å². The topological polar surface area (TPSA) is 121 Å². The largest absolute Gasteiger partial charge is 0.439 e. The summed E-state index contributed by atoms with van der Waals surface area (Å²) in [4.78, 5) is 23.0. The number of aromatic nitrogens is 2. The van der Waals surface area contributed by atoms with Crippen LogP contribution in [0.3, 0.4) is 0 Å². The number of sulfonamides is 1. The molecule has 1 aliphatic heterocycles. The van der Waals surface area contributed by atoms with Crippen LogP contribution in [0.25, 0.3) is 11.1 Å². The normalized spacial score (nSPS) is 18.0. The first-order valence-corrected chi connectivity index (χ1v) is 13.0. The number of hydrogen-bond donors (Lipinski definition) is 2. The van der Waals surface area contributed by atoms with E-state index >= 15 is 0 Å². The van der Waals surface area contributed by atoms with E-state index in [1.807, 2.05) is 18.2 Å². The third-order valence-electron chi connectivity index (χ3n) is 6.43. The van der Waals surface area contributed by atoms with Gasteiger partial charge in [0.2, 0.25) is 15.9 Å². The molecule has 2 N–H and O–H groups in total. The zero-order chi connectivity index (χ0) is 23.5. The first-order chi connectivity index (χ1) is 16.5. The lowest BCUT2D eigenvalue weighted by molar-refractivity contribution is 0.167. The maximum Gasteiger partial charge on any atom is 0.319 e. The van der Waals surface area contributed by atoms with Gasteiger partial charge in [0.1, 0.15) is 5.52 Å². The molecule has 10 nitrogen and oxygen atoms in total. The highest BCUT2D eigenvalue weighted by Crippen LogP contribution is 2.29. The zero-order valence-corrected chi connectivity index (χ0v) is 19.6. The Morgan fingerprint density at radius 3 is 2.65 bits per heavy atom. The van der Waals surface area contributed by atoms with Crippen molar-refractivity contribution in [2.45, 2.75) is 37.6 Å². The summed E-state index contributed by atoms with van der Waals surface area (Å²) in [6.07, 6.45) is 5.80. The van der Waals surface area contributed by atoms with E-state index in [-0.39, 0.29) is 11.3 Å². The highest BCUT2D eigenvalue weighted by molar-refractivity contribution is 7.89. The fraction of sp³-hybridized carbons (Fsp3) is 0.435. The van der Waals surface area contributed by atoms with Crippen molar-refractivity contribution in [3.63, 3.8) is 0 Å². The molecular formula is C23H28N6O4S. The van der Waals surface area contributed by atoms with E-state index in [1.54, 1.807) is 28.8 Å². The van der Waals surface area contributed by atoms with E-state index in [4.69, 9.17) is 4.42 Å². The summed E-state index contributed by atoms with van der Waals surface area (Å²) in [5.41, 5.74) is 2.84. The molecule has 34 heavy (non-hydrogen) atoms. The van der Waals surface area contributed by atoms with E-state index in [0.717, 1.165) is 24.8 Å². The molecule has 11 heteroatoms. The summed E-state index contributed by atoms with van der Waals surface area (Å²) in [7, 11) is -3.16. The monoisotopic (exact) mass is 484 g/mol. The molecule has 0 unspecified atom stereocenters. The van der Waals surface area contributed by atoms with Crippen LogP contribution in [0.15, 0.2) is 47.1 Å². The van der Waals surface area contributed by atoms with Crippen molar-refractivity contribution in [1.82, 2.24) is 24.5 Å². The highest BCUT2D eigenvalue weighted by atomic mass is 32.2. The molecule has 0 spiro atoms. The van der Waals surface area contributed by atoms with Gasteiger partial charge in [-0.05, 0) is 31.0 Å². The lowest BCUT2D eigenvalue weighted by Crippen LogP contribution is -2.51. The Morgan fingerprint density at radius 1 is 1.12 bits per heavy atom. The number of hydrogen-bond acceptors (Lipinski definition) is 7. The molecule has 1 aliphatic carbocycles. The minimum atomic E-state index is -3.16. The fourth-order valence-corrected chi connectivity index (χ4v) is 6.29. The number of carbonyl (C=O) groups is 1. The number of fused-ring (bicyclic) bond motifs is 1. The number of amides is 2. The Hall–Kier alpha value is -3.02. The van der Waals surface area contributed by atoms with Crippen molar-refractivity contribution in [3.8, 4) is 0 Å². The van der Waals surface area contributed by atoms with Crippen LogP contribution in [0.1, 0.15) is 30.7 Å². The number of urea groups is 1. The second-order valence-electron chi connectivity index (χ2n) is 8.69. The van der Waals surface area contributed by atoms with Gasteiger partial charge in [-0.3, -0.25) is 9.88 Å². The number of piperazine rings is 1. The number of benzene rings is 1. The van der Waals surface area contributed by atoms with Crippen LogP contribution < -0.4 is 10.6 Å². The molecule has 0 radical (unpaired) electrons. The van der Waals surface area contributed by atoms with Crippen LogP contribution in [0.5, 0.6) is 0 Å². The van der Waals surface area contributed by atoms with Crippen molar-refractivity contribution in [2.24, 2.45) is 0 Å². The number of carbonyl (C=O) groups excluding carboxylic acids is 1. The summed E-state index contributed by atoms with van der Waals surface area (Å²) in [6.45, 7) is 3.11. The van der Waals surface area contributed by atoms with Crippen molar-refractivity contribution in [3.05, 3.63) is 54.2 Å². The number of oxazole rings is 1. The maximum absolute atomic E-state index is 12.6. The van der Waals surface area contributed by atoms with Gasteiger partial charge in [-0.25, -0.2) is 18.2 Å². The average molecular weight is 485 g/mol. The molecule has 1 aromatic carbocycles. The molecule has 2 aromatic heterocycles. The second-order valence-corrected chi connectivity index (χ2v) is 10.9. The van der Waals surface area contributed by atoms with Crippen LogP contribution in [-0.2, 0) is 23.1 Å². The molecular weight excluding hydrogens is 456 g/mol. The van der Waals surface area contributed by atoms with Gasteiger partial charge in [0.05, 0.1) is 23.7 Å². The molecule has 5 rings (SSSR count). The summed E-state index contributed by atoms with van der Waals surface area (Å²) in [5.74, 6) is 0.581. The first kappa shape index (κ1) is 22.8. The van der Waals surface area contributed by atoms with Gasteiger partial charge in [0.25, 0.3) is 0 Å². The van der Waals surface area contributed by atoms with Gasteiger partial charge in [-0.1, -0.05) is 18.6 Å². The number of rotatable bonds is 7. The zero-order valence-electron chi connectivity index (χ0n) is 18.8. The van der Waals surface area contributed by atoms with E-state index in [0.29, 0.717) is 61.9 Å². The number of anilines is 1. The molecule has 2 fully saturated rings. The SMILES string of the molecule is O=C(NCc1cccc2oc(CN3CCN(S(=O)(=O)C4CCC4)CC3)nc12)Nc1cccnc1. The van der Waals surface area contributed by atoms with Gasteiger partial charge in [-0.2, -0.15) is 4.31 Å². The molecule has 0 atom stereocenters. The molecule has 3 aromatic rings. The number of nitrogens with zero attached hydrogens (tertiary/aromatic N) is 4. The summed E-state index contributed by atoms with van der Waals surface area (Å²) in [5, 5.41) is 5.39. The van der Waals surface area contributed by atoms with Gasteiger partial charge in [0.15, 0.2) is 5.58 Å². The quantitative estimate of drug-likeness (QED) is 0.529. The van der Waals surface area contributed by atoms with Crippen molar-refractivity contribution in [2.75, 3.05) is 31.5 Å². The molecule has 0 bridgehead atoms. The maximum atomic E-state index is 12.6. The molecule has 2 amide bonds. The average Bonchev–Trinajstić information content (AvgIpc) is 3.20. The Labute approximate surface area is 198 Å². The third-order valence-corrected chi connectivity index (χ3v) is 8.83.